The zero-order chi connectivity index (χ0) is 13.4. The first kappa shape index (κ1) is 15.9. The molecule has 3 heteroatoms. The summed E-state index contributed by atoms with van der Waals surface area (Å²) in [6.07, 6.45) is 6.49. The fourth-order valence-electron chi connectivity index (χ4n) is 3.11. The topological polar surface area (TPSA) is 34.1 Å². The fourth-order valence-corrected chi connectivity index (χ4v) is 11.8. The number of carbonyl (C=O) groups is 2. The summed E-state index contributed by atoms with van der Waals surface area (Å²) >= 11 is -1.58. The molecule has 1 heterocycles. The number of Topliss-reactive ketones (excluding diaryl/α,β-unsaturated/α-hetero) is 2. The Hall–Kier alpha value is -0.117. The zero-order valence-electron chi connectivity index (χ0n) is 12.1. The molecule has 0 saturated carbocycles. The molecule has 18 heavy (non-hydrogen) atoms. The SMILES string of the molecule is C[CH2][Ge]1([CH2]C)[CH2]CCCCC(=O)C(=O)CCC[CH2]1. The van der Waals surface area contributed by atoms with E-state index in [1.165, 1.54) is 33.9 Å². The first-order chi connectivity index (χ1) is 8.63. The van der Waals surface area contributed by atoms with Gasteiger partial charge in [0.2, 0.25) is 0 Å². The molecule has 0 N–H and O–H groups in total. The van der Waals surface area contributed by atoms with Crippen molar-refractivity contribution in [3.8, 4) is 0 Å². The summed E-state index contributed by atoms with van der Waals surface area (Å²) in [4.78, 5) is 23.1. The van der Waals surface area contributed by atoms with Crippen molar-refractivity contribution in [2.24, 2.45) is 0 Å². The van der Waals surface area contributed by atoms with Gasteiger partial charge in [-0.15, -0.1) is 0 Å². The van der Waals surface area contributed by atoms with E-state index in [1.54, 1.807) is 0 Å². The summed E-state index contributed by atoms with van der Waals surface area (Å²) in [5, 5.41) is 5.76. The fraction of sp³-hybridized carbons (Fsp3) is 0.867. The molecular formula is C15H28GeO2. The van der Waals surface area contributed by atoms with Gasteiger partial charge in [-0.3, -0.25) is 0 Å². The summed E-state index contributed by atoms with van der Waals surface area (Å²) < 4.78 is 0. The van der Waals surface area contributed by atoms with Crippen LogP contribution >= 0.6 is 0 Å². The quantitative estimate of drug-likeness (QED) is 0.561. The van der Waals surface area contributed by atoms with Gasteiger partial charge in [-0.2, -0.15) is 0 Å². The molecule has 0 amide bonds. The van der Waals surface area contributed by atoms with Crippen molar-refractivity contribution in [1.82, 2.24) is 0 Å². The first-order valence-electron chi connectivity index (χ1n) is 7.69. The van der Waals surface area contributed by atoms with Crippen LogP contribution in [0.3, 0.4) is 0 Å². The van der Waals surface area contributed by atoms with E-state index in [9.17, 15) is 9.59 Å². The predicted octanol–water partition coefficient (Wildman–Crippen LogP) is 4.36. The Balaban J connectivity index is 2.57. The summed E-state index contributed by atoms with van der Waals surface area (Å²) in [5.74, 6) is -0.226. The maximum absolute atomic E-state index is 11.6. The molecule has 1 aliphatic heterocycles. The van der Waals surface area contributed by atoms with Crippen LogP contribution in [0.15, 0.2) is 0 Å². The van der Waals surface area contributed by atoms with Crippen LogP contribution in [0.1, 0.15) is 58.8 Å². The van der Waals surface area contributed by atoms with Crippen LogP contribution in [0.25, 0.3) is 0 Å². The van der Waals surface area contributed by atoms with E-state index in [2.05, 4.69) is 13.8 Å². The van der Waals surface area contributed by atoms with Crippen molar-refractivity contribution < 1.29 is 9.59 Å². The van der Waals surface area contributed by atoms with Gasteiger partial charge >= 0.3 is 114 Å². The Morgan fingerprint density at radius 2 is 1.22 bits per heavy atom. The van der Waals surface area contributed by atoms with Crippen molar-refractivity contribution >= 4 is 24.8 Å². The molecule has 104 valence electrons. The molecule has 0 spiro atoms. The third-order valence-corrected chi connectivity index (χ3v) is 17.0. The molecule has 1 fully saturated rings. The van der Waals surface area contributed by atoms with Gasteiger partial charge in [0.25, 0.3) is 0 Å². The average Bonchev–Trinajstić information content (AvgIpc) is 2.39. The van der Waals surface area contributed by atoms with Gasteiger partial charge in [0.1, 0.15) is 0 Å². The van der Waals surface area contributed by atoms with Gasteiger partial charge in [0.05, 0.1) is 0 Å². The summed E-state index contributed by atoms with van der Waals surface area (Å²) in [6.45, 7) is 4.76. The van der Waals surface area contributed by atoms with Crippen molar-refractivity contribution in [2.75, 3.05) is 0 Å². The van der Waals surface area contributed by atoms with E-state index in [-0.39, 0.29) is 11.6 Å². The number of carbonyl (C=O) groups excluding carboxylic acids is 2. The van der Waals surface area contributed by atoms with Gasteiger partial charge in [0, 0.05) is 0 Å². The summed E-state index contributed by atoms with van der Waals surface area (Å²) in [5.41, 5.74) is 0. The maximum atomic E-state index is 11.6. The molecule has 0 bridgehead atoms. The second-order valence-electron chi connectivity index (χ2n) is 5.82. The Morgan fingerprint density at radius 1 is 0.778 bits per heavy atom. The number of hydrogen-bond acceptors (Lipinski definition) is 2. The molecule has 0 radical (unpaired) electrons. The van der Waals surface area contributed by atoms with Crippen molar-refractivity contribution in [1.29, 1.82) is 0 Å². The van der Waals surface area contributed by atoms with E-state index >= 15 is 0 Å². The molecule has 0 aromatic carbocycles. The summed E-state index contributed by atoms with van der Waals surface area (Å²) in [7, 11) is 0. The minimum absolute atomic E-state index is 0.110. The Morgan fingerprint density at radius 3 is 1.72 bits per heavy atom. The monoisotopic (exact) mass is 314 g/mol. The van der Waals surface area contributed by atoms with Crippen LogP contribution in [-0.2, 0) is 9.59 Å². The predicted molar refractivity (Wildman–Crippen MR) is 78.7 cm³/mol. The van der Waals surface area contributed by atoms with Crippen LogP contribution in [0, 0.1) is 0 Å². The van der Waals surface area contributed by atoms with Crippen LogP contribution < -0.4 is 0 Å². The van der Waals surface area contributed by atoms with Crippen LogP contribution in [0.5, 0.6) is 0 Å². The minimum atomic E-state index is -1.58. The summed E-state index contributed by atoms with van der Waals surface area (Å²) in [6, 6.07) is 0. The van der Waals surface area contributed by atoms with Crippen LogP contribution in [0.4, 0.5) is 0 Å². The number of rotatable bonds is 2. The van der Waals surface area contributed by atoms with Crippen LogP contribution in [0.2, 0.25) is 21.0 Å². The number of ketones is 2. The second kappa shape index (κ2) is 8.13. The molecule has 0 aromatic heterocycles. The molecular weight excluding hydrogens is 285 g/mol. The van der Waals surface area contributed by atoms with Gasteiger partial charge in [-0.25, -0.2) is 0 Å². The van der Waals surface area contributed by atoms with E-state index in [1.807, 2.05) is 0 Å². The Bertz CT molecular complexity index is 282. The molecule has 1 rings (SSSR count). The van der Waals surface area contributed by atoms with Crippen molar-refractivity contribution in [3.63, 3.8) is 0 Å². The molecule has 1 aliphatic rings. The third kappa shape index (κ3) is 4.87. The van der Waals surface area contributed by atoms with Crippen LogP contribution in [-0.4, -0.2) is 24.8 Å². The van der Waals surface area contributed by atoms with E-state index < -0.39 is 13.3 Å². The number of hydrogen-bond donors (Lipinski definition) is 0. The van der Waals surface area contributed by atoms with E-state index in [0.29, 0.717) is 12.8 Å². The van der Waals surface area contributed by atoms with Gasteiger partial charge in [-0.1, -0.05) is 0 Å². The third-order valence-electron chi connectivity index (χ3n) is 4.78. The normalized spacial score (nSPS) is 23.2. The van der Waals surface area contributed by atoms with Crippen molar-refractivity contribution in [2.45, 2.75) is 79.8 Å². The Labute approximate surface area is 114 Å². The first-order valence-corrected chi connectivity index (χ1v) is 13.6. The van der Waals surface area contributed by atoms with Gasteiger partial charge in [0.15, 0.2) is 0 Å². The molecule has 0 unspecified atom stereocenters. The zero-order valence-corrected chi connectivity index (χ0v) is 14.2. The van der Waals surface area contributed by atoms with E-state index in [4.69, 9.17) is 0 Å². The van der Waals surface area contributed by atoms with Gasteiger partial charge in [-0.05, 0) is 0 Å². The molecule has 1 saturated heterocycles. The van der Waals surface area contributed by atoms with Crippen molar-refractivity contribution in [3.05, 3.63) is 0 Å². The average molecular weight is 313 g/mol. The molecule has 2 nitrogen and oxygen atoms in total. The molecule has 0 aliphatic carbocycles. The Kier molecular flexibility index (Phi) is 7.20. The second-order valence-corrected chi connectivity index (χ2v) is 17.2. The van der Waals surface area contributed by atoms with Gasteiger partial charge < -0.3 is 0 Å². The van der Waals surface area contributed by atoms with E-state index in [0.717, 1.165) is 19.3 Å². The molecule has 0 atom stereocenters. The molecule has 0 aromatic rings. The standard InChI is InChI=1S/C15H28GeO2/c1-3-16(4-2)12-8-5-6-10-14(17)15(18)11-7-9-13-16/h3-13H2,1-2H3.